The highest BCUT2D eigenvalue weighted by atomic mass is 16.3. The zero-order chi connectivity index (χ0) is 11.5. The molecule has 1 unspecified atom stereocenters. The van der Waals surface area contributed by atoms with Crippen molar-refractivity contribution in [3.63, 3.8) is 0 Å². The minimum Gasteiger partial charge on any atom is -0.508 e. The Balaban J connectivity index is 2.02. The van der Waals surface area contributed by atoms with Gasteiger partial charge in [0.25, 0.3) is 0 Å². The molecule has 1 saturated heterocycles. The summed E-state index contributed by atoms with van der Waals surface area (Å²) in [6.07, 6.45) is 1.01. The van der Waals surface area contributed by atoms with Crippen LogP contribution in [0.2, 0.25) is 5.82 Å². The number of hydrogen-bond donors (Lipinski definition) is 2. The quantitative estimate of drug-likeness (QED) is 0.527. The highest BCUT2D eigenvalue weighted by molar-refractivity contribution is 6.59. The molecule has 1 aliphatic heterocycles. The lowest BCUT2D eigenvalue weighted by Gasteiger charge is -2.19. The van der Waals surface area contributed by atoms with Crippen LogP contribution in [0.3, 0.4) is 0 Å². The van der Waals surface area contributed by atoms with E-state index in [2.05, 4.69) is 5.32 Å². The van der Waals surface area contributed by atoms with Crippen molar-refractivity contribution in [2.45, 2.75) is 18.7 Å². The molecule has 0 spiro atoms. The predicted octanol–water partition coefficient (Wildman–Crippen LogP) is -0.321. The molecule has 0 aliphatic carbocycles. The molecule has 1 heterocycles. The van der Waals surface area contributed by atoms with E-state index in [9.17, 15) is 9.59 Å². The minimum absolute atomic E-state index is 0.137. The van der Waals surface area contributed by atoms with Crippen molar-refractivity contribution >= 4 is 24.6 Å². The van der Waals surface area contributed by atoms with E-state index in [1.807, 2.05) is 0 Å². The lowest BCUT2D eigenvalue weighted by Crippen LogP contribution is -2.42. The largest absolute Gasteiger partial charge is 0.508 e. The third kappa shape index (κ3) is 2.42. The summed E-state index contributed by atoms with van der Waals surface area (Å²) in [5.74, 6) is -0.300. The van der Waals surface area contributed by atoms with Crippen LogP contribution >= 0.6 is 0 Å². The molecule has 1 aliphatic rings. The van der Waals surface area contributed by atoms with E-state index in [1.165, 1.54) is 0 Å². The smallest absolute Gasteiger partial charge is 0.226 e. The fraction of sp³-hybridized carbons (Fsp3) is 0.273. The summed E-state index contributed by atoms with van der Waals surface area (Å²) in [4.78, 5) is 22.4. The van der Waals surface area contributed by atoms with Crippen molar-refractivity contribution in [3.05, 3.63) is 24.3 Å². The van der Waals surface area contributed by atoms with Crippen molar-refractivity contribution < 1.29 is 14.7 Å². The number of benzene rings is 1. The van der Waals surface area contributed by atoms with Crippen LogP contribution in [0, 0.1) is 0 Å². The number of hydrogen-bond acceptors (Lipinski definition) is 3. The molecule has 0 bridgehead atoms. The Morgan fingerprint density at radius 3 is 2.56 bits per heavy atom. The standard InChI is InChI=1S/C11H12BNO3/c14-8-3-1-7(2-4-8)12-9-5-6-10(15)13-11(9)16/h1-4,9,12,14H,5-6H2,(H,13,15,16). The van der Waals surface area contributed by atoms with Gasteiger partial charge < -0.3 is 5.11 Å². The number of amides is 2. The van der Waals surface area contributed by atoms with Gasteiger partial charge in [0.15, 0.2) is 7.28 Å². The summed E-state index contributed by atoms with van der Waals surface area (Å²) in [5.41, 5.74) is 0.993. The molecule has 0 saturated carbocycles. The fourth-order valence-corrected chi connectivity index (χ4v) is 1.85. The molecule has 2 amide bonds. The maximum Gasteiger partial charge on any atom is 0.226 e. The minimum atomic E-state index is -0.190. The number of aromatic hydroxyl groups is 1. The molecular formula is C11H12BNO3. The summed E-state index contributed by atoms with van der Waals surface area (Å²) >= 11 is 0. The Kier molecular flexibility index (Phi) is 2.94. The van der Waals surface area contributed by atoms with E-state index in [0.29, 0.717) is 20.1 Å². The summed E-state index contributed by atoms with van der Waals surface area (Å²) in [7, 11) is 0.611. The number of nitrogens with one attached hydrogen (secondary N) is 1. The van der Waals surface area contributed by atoms with Gasteiger partial charge in [0.1, 0.15) is 5.75 Å². The Hall–Kier alpha value is -1.78. The number of piperidine rings is 1. The van der Waals surface area contributed by atoms with E-state index >= 15 is 0 Å². The second kappa shape index (κ2) is 4.39. The number of phenols is 1. The van der Waals surface area contributed by atoms with E-state index in [1.54, 1.807) is 24.3 Å². The zero-order valence-corrected chi connectivity index (χ0v) is 8.77. The molecule has 16 heavy (non-hydrogen) atoms. The Morgan fingerprint density at radius 2 is 1.94 bits per heavy atom. The van der Waals surface area contributed by atoms with E-state index in [4.69, 9.17) is 5.11 Å². The van der Waals surface area contributed by atoms with Crippen molar-refractivity contribution in [1.82, 2.24) is 5.32 Å². The maximum atomic E-state index is 11.5. The van der Waals surface area contributed by atoms with Crippen LogP contribution in [0.25, 0.3) is 0 Å². The fourth-order valence-electron chi connectivity index (χ4n) is 1.85. The van der Waals surface area contributed by atoms with Crippen LogP contribution < -0.4 is 10.8 Å². The SMILES string of the molecule is O=C1CCC(Bc2ccc(O)cc2)C(=O)N1. The maximum absolute atomic E-state index is 11.5. The third-order valence-electron chi connectivity index (χ3n) is 2.77. The molecule has 0 radical (unpaired) electrons. The molecule has 1 atom stereocenters. The molecule has 0 aromatic heterocycles. The van der Waals surface area contributed by atoms with Gasteiger partial charge in [-0.15, -0.1) is 0 Å². The lowest BCUT2D eigenvalue weighted by atomic mass is 9.56. The molecule has 1 aromatic carbocycles. The van der Waals surface area contributed by atoms with Crippen molar-refractivity contribution in [3.8, 4) is 5.75 Å². The first-order valence-electron chi connectivity index (χ1n) is 5.27. The highest BCUT2D eigenvalue weighted by Gasteiger charge is 2.27. The zero-order valence-electron chi connectivity index (χ0n) is 8.77. The van der Waals surface area contributed by atoms with Crippen LogP contribution in [0.1, 0.15) is 12.8 Å². The molecule has 82 valence electrons. The third-order valence-corrected chi connectivity index (χ3v) is 2.77. The van der Waals surface area contributed by atoms with Gasteiger partial charge in [0, 0.05) is 12.2 Å². The Bertz CT molecular complexity index is 416. The van der Waals surface area contributed by atoms with Gasteiger partial charge in [-0.25, -0.2) is 0 Å². The van der Waals surface area contributed by atoms with Crippen LogP contribution in [0.15, 0.2) is 24.3 Å². The van der Waals surface area contributed by atoms with Crippen molar-refractivity contribution in [2.75, 3.05) is 0 Å². The normalized spacial score (nSPS) is 20.4. The van der Waals surface area contributed by atoms with Gasteiger partial charge in [0.05, 0.1) is 0 Å². The van der Waals surface area contributed by atoms with Crippen LogP contribution in [-0.2, 0) is 9.59 Å². The monoisotopic (exact) mass is 217 g/mol. The first-order chi connectivity index (χ1) is 7.65. The second-order valence-corrected chi connectivity index (χ2v) is 4.02. The van der Waals surface area contributed by atoms with Gasteiger partial charge in [-0.3, -0.25) is 14.9 Å². The highest BCUT2D eigenvalue weighted by Crippen LogP contribution is 2.17. The average molecular weight is 217 g/mol. The molecular weight excluding hydrogens is 205 g/mol. The summed E-state index contributed by atoms with van der Waals surface area (Å²) in [6, 6.07) is 6.78. The molecule has 2 N–H and O–H groups in total. The van der Waals surface area contributed by atoms with Gasteiger partial charge in [0.2, 0.25) is 11.8 Å². The van der Waals surface area contributed by atoms with Gasteiger partial charge in [-0.1, -0.05) is 17.6 Å². The van der Waals surface area contributed by atoms with Gasteiger partial charge in [-0.05, 0) is 18.6 Å². The predicted molar refractivity (Wildman–Crippen MR) is 61.0 cm³/mol. The Morgan fingerprint density at radius 1 is 1.25 bits per heavy atom. The van der Waals surface area contributed by atoms with E-state index in [0.717, 1.165) is 5.46 Å². The molecule has 1 aromatic rings. The summed E-state index contributed by atoms with van der Waals surface area (Å²) < 4.78 is 0. The second-order valence-electron chi connectivity index (χ2n) is 4.02. The number of carbonyl (C=O) groups excluding carboxylic acids is 2. The van der Waals surface area contributed by atoms with Gasteiger partial charge >= 0.3 is 0 Å². The molecule has 5 heteroatoms. The molecule has 2 rings (SSSR count). The topological polar surface area (TPSA) is 66.4 Å². The number of imide groups is 1. The molecule has 4 nitrogen and oxygen atoms in total. The number of carbonyl (C=O) groups is 2. The summed E-state index contributed by atoms with van der Waals surface area (Å²) in [5, 5.41) is 11.5. The van der Waals surface area contributed by atoms with E-state index in [-0.39, 0.29) is 23.4 Å². The van der Waals surface area contributed by atoms with Crippen molar-refractivity contribution in [2.24, 2.45) is 0 Å². The number of rotatable bonds is 2. The van der Waals surface area contributed by atoms with Crippen molar-refractivity contribution in [1.29, 1.82) is 0 Å². The lowest BCUT2D eigenvalue weighted by molar-refractivity contribution is -0.132. The number of phenolic OH excluding ortho intramolecular Hbond substituents is 1. The first kappa shape index (κ1) is 10.7. The van der Waals surface area contributed by atoms with Crippen LogP contribution in [-0.4, -0.2) is 24.2 Å². The van der Waals surface area contributed by atoms with Crippen LogP contribution in [0.5, 0.6) is 5.75 Å². The average Bonchev–Trinajstić information content (AvgIpc) is 2.25. The van der Waals surface area contributed by atoms with E-state index < -0.39 is 0 Å². The van der Waals surface area contributed by atoms with Gasteiger partial charge in [-0.2, -0.15) is 0 Å². The first-order valence-corrected chi connectivity index (χ1v) is 5.27. The summed E-state index contributed by atoms with van der Waals surface area (Å²) in [6.45, 7) is 0. The molecule has 1 fully saturated rings. The Labute approximate surface area is 93.9 Å². The van der Waals surface area contributed by atoms with Crippen LogP contribution in [0.4, 0.5) is 0 Å².